The van der Waals surface area contributed by atoms with E-state index in [1.807, 2.05) is 30.3 Å². The van der Waals surface area contributed by atoms with Gasteiger partial charge in [0.25, 0.3) is 0 Å². The Morgan fingerprint density at radius 1 is 1.20 bits per heavy atom. The Hall–Kier alpha value is -1.67. The van der Waals surface area contributed by atoms with E-state index in [-0.39, 0.29) is 22.1 Å². The van der Waals surface area contributed by atoms with E-state index in [0.29, 0.717) is 10.0 Å². The quantitative estimate of drug-likeness (QED) is 0.719. The van der Waals surface area contributed by atoms with E-state index in [2.05, 4.69) is 16.7 Å². The summed E-state index contributed by atoms with van der Waals surface area (Å²) in [7, 11) is -3.56. The smallest absolute Gasteiger partial charge is 0.229 e. The van der Waals surface area contributed by atoms with E-state index in [1.165, 1.54) is 23.1 Å². The number of rotatable bonds is 5. The monoisotopic (exact) mass is 393 g/mol. The summed E-state index contributed by atoms with van der Waals surface area (Å²) in [5.41, 5.74) is 1.17. The number of hydrogen-bond donors (Lipinski definition) is 1. The maximum absolute atomic E-state index is 12.7. The van der Waals surface area contributed by atoms with E-state index in [9.17, 15) is 8.42 Å². The molecule has 1 aliphatic rings. The van der Waals surface area contributed by atoms with Crippen LogP contribution in [0.15, 0.2) is 59.1 Å². The fourth-order valence-electron chi connectivity index (χ4n) is 3.07. The first-order chi connectivity index (χ1) is 12.0. The Labute approximate surface area is 155 Å². The fourth-order valence-corrected chi connectivity index (χ4v) is 5.80. The molecule has 1 N–H and O–H groups in total. The van der Waals surface area contributed by atoms with Crippen LogP contribution in [0.25, 0.3) is 5.00 Å². The summed E-state index contributed by atoms with van der Waals surface area (Å²) in [4.78, 5) is 0. The highest BCUT2D eigenvalue weighted by molar-refractivity contribution is 7.91. The van der Waals surface area contributed by atoms with E-state index in [1.54, 1.807) is 23.0 Å². The van der Waals surface area contributed by atoms with Gasteiger partial charge in [-0.2, -0.15) is 5.10 Å². The SMILES string of the molecule is C[C@H]1[C@H](NS(=O)(=O)c2ccc(-n3cc(Cl)cn3)s2)[C@H]1c1ccccc1. The minimum atomic E-state index is -3.56. The third kappa shape index (κ3) is 3.25. The van der Waals surface area contributed by atoms with Crippen molar-refractivity contribution < 1.29 is 8.42 Å². The van der Waals surface area contributed by atoms with Gasteiger partial charge in [0.15, 0.2) is 0 Å². The molecule has 5 nitrogen and oxygen atoms in total. The highest BCUT2D eigenvalue weighted by atomic mass is 35.5. The molecule has 1 fully saturated rings. The van der Waals surface area contributed by atoms with Gasteiger partial charge in [-0.3, -0.25) is 0 Å². The maximum atomic E-state index is 12.7. The lowest BCUT2D eigenvalue weighted by molar-refractivity contribution is 0.580. The largest absolute Gasteiger partial charge is 0.250 e. The van der Waals surface area contributed by atoms with Gasteiger partial charge in [0, 0.05) is 12.0 Å². The maximum Gasteiger partial charge on any atom is 0.250 e. The Bertz CT molecular complexity index is 998. The molecule has 0 spiro atoms. The molecule has 1 aliphatic carbocycles. The second-order valence-electron chi connectivity index (χ2n) is 6.14. The molecule has 25 heavy (non-hydrogen) atoms. The first-order valence-corrected chi connectivity index (χ1v) is 10.5. The standard InChI is InChI=1S/C17H16ClN3O2S2/c1-11-16(12-5-3-2-4-6-12)17(11)20-25(22,23)15-8-7-14(24-15)21-10-13(18)9-19-21/h2-11,16-17,20H,1H3/t11-,16-,17+/m1/s1. The summed E-state index contributed by atoms with van der Waals surface area (Å²) in [5, 5.41) is 5.31. The van der Waals surface area contributed by atoms with Crippen molar-refractivity contribution >= 4 is 33.0 Å². The summed E-state index contributed by atoms with van der Waals surface area (Å²) in [6.07, 6.45) is 3.16. The number of hydrogen-bond acceptors (Lipinski definition) is 4. The van der Waals surface area contributed by atoms with Crippen LogP contribution in [0.2, 0.25) is 5.02 Å². The molecule has 0 saturated heterocycles. The number of thiophene rings is 1. The molecule has 0 radical (unpaired) electrons. The van der Waals surface area contributed by atoms with Crippen LogP contribution in [-0.4, -0.2) is 24.2 Å². The molecule has 0 unspecified atom stereocenters. The summed E-state index contributed by atoms with van der Waals surface area (Å²) < 4.78 is 30.1. The first kappa shape index (κ1) is 16.8. The number of sulfonamides is 1. The van der Waals surface area contributed by atoms with Crippen LogP contribution in [0.1, 0.15) is 18.4 Å². The van der Waals surface area contributed by atoms with E-state index < -0.39 is 10.0 Å². The van der Waals surface area contributed by atoms with Crippen LogP contribution in [0.3, 0.4) is 0 Å². The highest BCUT2D eigenvalue weighted by Gasteiger charge is 2.49. The lowest BCUT2D eigenvalue weighted by atomic mass is 10.1. The molecule has 1 saturated carbocycles. The first-order valence-electron chi connectivity index (χ1n) is 7.83. The van der Waals surface area contributed by atoms with Gasteiger partial charge in [0.2, 0.25) is 10.0 Å². The predicted molar refractivity (Wildman–Crippen MR) is 98.9 cm³/mol. The van der Waals surface area contributed by atoms with Crippen LogP contribution < -0.4 is 4.72 Å². The van der Waals surface area contributed by atoms with Gasteiger partial charge in [0.05, 0.1) is 17.4 Å². The summed E-state index contributed by atoms with van der Waals surface area (Å²) in [6, 6.07) is 13.3. The van der Waals surface area contributed by atoms with Gasteiger partial charge in [-0.15, -0.1) is 11.3 Å². The van der Waals surface area contributed by atoms with Gasteiger partial charge in [-0.25, -0.2) is 17.8 Å². The van der Waals surface area contributed by atoms with Crippen molar-refractivity contribution in [1.29, 1.82) is 0 Å². The average molecular weight is 394 g/mol. The van der Waals surface area contributed by atoms with E-state index in [0.717, 1.165) is 0 Å². The van der Waals surface area contributed by atoms with Crippen LogP contribution >= 0.6 is 22.9 Å². The van der Waals surface area contributed by atoms with E-state index >= 15 is 0 Å². The third-order valence-corrected chi connectivity index (χ3v) is 7.68. The van der Waals surface area contributed by atoms with Crippen LogP contribution in [0.5, 0.6) is 0 Å². The molecule has 2 aromatic heterocycles. The molecule has 1 aromatic carbocycles. The second kappa shape index (κ2) is 6.25. The predicted octanol–water partition coefficient (Wildman–Crippen LogP) is 3.67. The Morgan fingerprint density at radius 2 is 1.96 bits per heavy atom. The summed E-state index contributed by atoms with van der Waals surface area (Å²) >= 11 is 7.03. The van der Waals surface area contributed by atoms with Gasteiger partial charge < -0.3 is 0 Å². The number of nitrogens with one attached hydrogen (secondary N) is 1. The summed E-state index contributed by atoms with van der Waals surface area (Å²) in [6.45, 7) is 2.07. The van der Waals surface area contributed by atoms with Crippen LogP contribution in [0, 0.1) is 5.92 Å². The molecule has 4 rings (SSSR count). The number of halogens is 1. The average Bonchev–Trinajstić information content (AvgIpc) is 3.02. The topological polar surface area (TPSA) is 64.0 Å². The van der Waals surface area contributed by atoms with Crippen molar-refractivity contribution in [3.8, 4) is 5.00 Å². The zero-order chi connectivity index (χ0) is 17.6. The Balaban J connectivity index is 1.52. The molecule has 0 aliphatic heterocycles. The molecule has 3 atom stereocenters. The molecular weight excluding hydrogens is 378 g/mol. The van der Waals surface area contributed by atoms with Crippen molar-refractivity contribution in [1.82, 2.24) is 14.5 Å². The minimum absolute atomic E-state index is 0.0721. The second-order valence-corrected chi connectivity index (χ2v) is 9.58. The normalized spacial score (nSPS) is 22.9. The Kier molecular flexibility index (Phi) is 4.19. The molecule has 3 aromatic rings. The number of nitrogens with zero attached hydrogens (tertiary/aromatic N) is 2. The lowest BCUT2D eigenvalue weighted by Crippen LogP contribution is -2.27. The number of benzene rings is 1. The molecule has 8 heteroatoms. The molecule has 130 valence electrons. The van der Waals surface area contributed by atoms with Gasteiger partial charge in [-0.1, -0.05) is 48.9 Å². The van der Waals surface area contributed by atoms with Crippen molar-refractivity contribution in [2.45, 2.75) is 23.1 Å². The van der Waals surface area contributed by atoms with Crippen LogP contribution in [-0.2, 0) is 10.0 Å². The third-order valence-electron chi connectivity index (χ3n) is 4.46. The van der Waals surface area contributed by atoms with Crippen LogP contribution in [0.4, 0.5) is 0 Å². The van der Waals surface area contributed by atoms with Crippen molar-refractivity contribution in [3.05, 3.63) is 65.4 Å². The van der Waals surface area contributed by atoms with Crippen molar-refractivity contribution in [3.63, 3.8) is 0 Å². The zero-order valence-corrected chi connectivity index (χ0v) is 15.7. The van der Waals surface area contributed by atoms with Gasteiger partial charge in [-0.05, 0) is 23.6 Å². The van der Waals surface area contributed by atoms with Crippen molar-refractivity contribution in [2.75, 3.05) is 0 Å². The minimum Gasteiger partial charge on any atom is -0.229 e. The molecule has 0 amide bonds. The lowest BCUT2D eigenvalue weighted by Gasteiger charge is -2.04. The number of aromatic nitrogens is 2. The highest BCUT2D eigenvalue weighted by Crippen LogP contribution is 2.48. The zero-order valence-electron chi connectivity index (χ0n) is 13.3. The Morgan fingerprint density at radius 3 is 2.64 bits per heavy atom. The molecular formula is C17H16ClN3O2S2. The van der Waals surface area contributed by atoms with Crippen molar-refractivity contribution in [2.24, 2.45) is 5.92 Å². The fraction of sp³-hybridized carbons (Fsp3) is 0.235. The van der Waals surface area contributed by atoms with E-state index in [4.69, 9.17) is 11.6 Å². The summed E-state index contributed by atoms with van der Waals surface area (Å²) in [5.74, 6) is 0.502. The van der Waals surface area contributed by atoms with Gasteiger partial charge in [0.1, 0.15) is 9.21 Å². The van der Waals surface area contributed by atoms with Gasteiger partial charge >= 0.3 is 0 Å². The molecule has 2 heterocycles. The molecule has 0 bridgehead atoms.